The predicted molar refractivity (Wildman–Crippen MR) is 97.8 cm³/mol. The Balaban J connectivity index is 1.92. The molecule has 0 aromatic heterocycles. The topological polar surface area (TPSA) is 52.7 Å². The SMILES string of the molecule is C=CCN1C(=O)c2cccc3c(C4CNCCN4C)ccc(c23)C1=O. The van der Waals surface area contributed by atoms with Crippen molar-refractivity contribution in [1.82, 2.24) is 15.1 Å². The molecule has 0 aliphatic carbocycles. The number of amides is 2. The van der Waals surface area contributed by atoms with Crippen LogP contribution in [0.15, 0.2) is 43.0 Å². The largest absolute Gasteiger partial charge is 0.314 e. The van der Waals surface area contributed by atoms with E-state index >= 15 is 0 Å². The Morgan fingerprint density at radius 2 is 1.96 bits per heavy atom. The molecule has 2 amide bonds. The van der Waals surface area contributed by atoms with Crippen LogP contribution in [0.1, 0.15) is 32.3 Å². The second-order valence-electron chi connectivity index (χ2n) is 6.64. The van der Waals surface area contributed by atoms with Gasteiger partial charge in [0.05, 0.1) is 0 Å². The predicted octanol–water partition coefficient (Wildman–Crippen LogP) is 2.20. The molecule has 1 saturated heterocycles. The molecule has 0 bridgehead atoms. The number of hydrogen-bond donors (Lipinski definition) is 1. The average molecular weight is 335 g/mol. The summed E-state index contributed by atoms with van der Waals surface area (Å²) in [6, 6.07) is 9.87. The molecule has 1 unspecified atom stereocenters. The quantitative estimate of drug-likeness (QED) is 0.690. The first-order valence-corrected chi connectivity index (χ1v) is 8.57. The first-order chi connectivity index (χ1) is 12.1. The number of carbonyl (C=O) groups excluding carboxylic acids is 2. The van der Waals surface area contributed by atoms with Gasteiger partial charge < -0.3 is 5.32 Å². The molecule has 1 fully saturated rings. The Hall–Kier alpha value is -2.50. The minimum atomic E-state index is -0.240. The molecule has 4 rings (SSSR count). The fraction of sp³-hybridized carbons (Fsp3) is 0.300. The van der Waals surface area contributed by atoms with Crippen molar-refractivity contribution in [3.63, 3.8) is 0 Å². The normalized spacial score (nSPS) is 21.0. The van der Waals surface area contributed by atoms with Crippen LogP contribution in [0.25, 0.3) is 10.8 Å². The monoisotopic (exact) mass is 335 g/mol. The lowest BCUT2D eigenvalue weighted by Gasteiger charge is -2.35. The van der Waals surface area contributed by atoms with Crippen molar-refractivity contribution >= 4 is 22.6 Å². The highest BCUT2D eigenvalue weighted by Gasteiger charge is 2.33. The minimum absolute atomic E-state index is 0.227. The molecule has 128 valence electrons. The zero-order chi connectivity index (χ0) is 17.6. The highest BCUT2D eigenvalue weighted by atomic mass is 16.2. The summed E-state index contributed by atoms with van der Waals surface area (Å²) in [5, 5.41) is 5.21. The van der Waals surface area contributed by atoms with Gasteiger partial charge in [0.2, 0.25) is 0 Å². The number of nitrogens with one attached hydrogen (secondary N) is 1. The maximum Gasteiger partial charge on any atom is 0.261 e. The van der Waals surface area contributed by atoms with Gasteiger partial charge in [0.1, 0.15) is 0 Å². The van der Waals surface area contributed by atoms with Crippen LogP contribution < -0.4 is 5.32 Å². The van der Waals surface area contributed by atoms with Gasteiger partial charge in [-0.3, -0.25) is 19.4 Å². The Bertz CT molecular complexity index is 868. The molecule has 1 atom stereocenters. The number of imide groups is 1. The lowest BCUT2D eigenvalue weighted by atomic mass is 9.88. The summed E-state index contributed by atoms with van der Waals surface area (Å²) in [6.07, 6.45) is 1.58. The van der Waals surface area contributed by atoms with Gasteiger partial charge in [0, 0.05) is 48.7 Å². The molecule has 5 heteroatoms. The minimum Gasteiger partial charge on any atom is -0.314 e. The summed E-state index contributed by atoms with van der Waals surface area (Å²) in [5.74, 6) is -0.481. The molecule has 5 nitrogen and oxygen atoms in total. The molecule has 0 radical (unpaired) electrons. The van der Waals surface area contributed by atoms with Crippen molar-refractivity contribution < 1.29 is 9.59 Å². The fourth-order valence-electron chi connectivity index (χ4n) is 3.91. The molecule has 2 aliphatic rings. The fourth-order valence-corrected chi connectivity index (χ4v) is 3.91. The van der Waals surface area contributed by atoms with E-state index in [1.54, 1.807) is 6.08 Å². The van der Waals surface area contributed by atoms with Gasteiger partial charge >= 0.3 is 0 Å². The van der Waals surface area contributed by atoms with Crippen molar-refractivity contribution in [3.05, 3.63) is 59.7 Å². The van der Waals surface area contributed by atoms with Crippen molar-refractivity contribution in [1.29, 1.82) is 0 Å². The van der Waals surface area contributed by atoms with Crippen LogP contribution in [0.5, 0.6) is 0 Å². The van der Waals surface area contributed by atoms with E-state index in [4.69, 9.17) is 0 Å². The third-order valence-corrected chi connectivity index (χ3v) is 5.21. The lowest BCUT2D eigenvalue weighted by Crippen LogP contribution is -2.44. The summed E-state index contributed by atoms with van der Waals surface area (Å²) in [7, 11) is 2.11. The van der Waals surface area contributed by atoms with Gasteiger partial charge in [-0.25, -0.2) is 0 Å². The number of rotatable bonds is 3. The number of nitrogens with zero attached hydrogens (tertiary/aromatic N) is 2. The van der Waals surface area contributed by atoms with Gasteiger partial charge in [-0.05, 0) is 30.1 Å². The smallest absolute Gasteiger partial charge is 0.261 e. The van der Waals surface area contributed by atoms with Gasteiger partial charge in [0.25, 0.3) is 11.8 Å². The van der Waals surface area contributed by atoms with E-state index in [-0.39, 0.29) is 24.4 Å². The number of piperazine rings is 1. The third-order valence-electron chi connectivity index (χ3n) is 5.21. The molecule has 0 spiro atoms. The van der Waals surface area contributed by atoms with Crippen molar-refractivity contribution in [2.45, 2.75) is 6.04 Å². The molecule has 2 aliphatic heterocycles. The molecule has 2 heterocycles. The molecule has 1 N–H and O–H groups in total. The first-order valence-electron chi connectivity index (χ1n) is 8.57. The maximum absolute atomic E-state index is 12.8. The maximum atomic E-state index is 12.8. The summed E-state index contributed by atoms with van der Waals surface area (Å²) < 4.78 is 0. The standard InChI is InChI=1S/C20H21N3O2/c1-3-10-23-19(24)15-6-4-5-14-13(17-12-21-9-11-22(17)2)7-8-16(18(14)15)20(23)25/h3-8,17,21H,1,9-12H2,2H3. The molecule has 25 heavy (non-hydrogen) atoms. The molecule has 2 aromatic carbocycles. The van der Waals surface area contributed by atoms with Crippen LogP contribution in [-0.4, -0.2) is 54.8 Å². The van der Waals surface area contributed by atoms with Crippen LogP contribution in [0.2, 0.25) is 0 Å². The first kappa shape index (κ1) is 16.0. The van der Waals surface area contributed by atoms with Crippen molar-refractivity contribution in [3.8, 4) is 0 Å². The van der Waals surface area contributed by atoms with E-state index in [1.165, 1.54) is 4.90 Å². The number of benzene rings is 2. The van der Waals surface area contributed by atoms with E-state index in [0.717, 1.165) is 36.0 Å². The second kappa shape index (κ2) is 6.10. The summed E-state index contributed by atoms with van der Waals surface area (Å²) in [5.41, 5.74) is 2.36. The molecule has 0 saturated carbocycles. The zero-order valence-electron chi connectivity index (χ0n) is 14.3. The summed E-state index contributed by atoms with van der Waals surface area (Å²) in [4.78, 5) is 29.2. The average Bonchev–Trinajstić information content (AvgIpc) is 2.63. The van der Waals surface area contributed by atoms with E-state index in [0.29, 0.717) is 11.1 Å². The zero-order valence-corrected chi connectivity index (χ0v) is 14.3. The number of hydrogen-bond acceptors (Lipinski definition) is 4. The highest BCUT2D eigenvalue weighted by molar-refractivity contribution is 6.25. The summed E-state index contributed by atoms with van der Waals surface area (Å²) >= 11 is 0. The summed E-state index contributed by atoms with van der Waals surface area (Å²) in [6.45, 7) is 6.69. The van der Waals surface area contributed by atoms with Crippen molar-refractivity contribution in [2.75, 3.05) is 33.2 Å². The van der Waals surface area contributed by atoms with Gasteiger partial charge in [-0.1, -0.05) is 24.3 Å². The Morgan fingerprint density at radius 3 is 2.68 bits per heavy atom. The van der Waals surface area contributed by atoms with Crippen LogP contribution in [0.4, 0.5) is 0 Å². The number of carbonyl (C=O) groups is 2. The van der Waals surface area contributed by atoms with E-state index in [9.17, 15) is 9.59 Å². The van der Waals surface area contributed by atoms with Crippen molar-refractivity contribution in [2.24, 2.45) is 0 Å². The Labute approximate surface area is 146 Å². The Kier molecular flexibility index (Phi) is 3.90. The van der Waals surface area contributed by atoms with Gasteiger partial charge in [-0.15, -0.1) is 6.58 Å². The van der Waals surface area contributed by atoms with Gasteiger partial charge in [0.15, 0.2) is 0 Å². The molecular weight excluding hydrogens is 314 g/mol. The van der Waals surface area contributed by atoms with E-state index in [1.807, 2.05) is 30.3 Å². The number of likely N-dealkylation sites (N-methyl/N-ethyl adjacent to an activating group) is 1. The van der Waals surface area contributed by atoms with Crippen LogP contribution >= 0.6 is 0 Å². The lowest BCUT2D eigenvalue weighted by molar-refractivity contribution is 0.0629. The Morgan fingerprint density at radius 1 is 1.20 bits per heavy atom. The molecular formula is C20H21N3O2. The van der Waals surface area contributed by atoms with Crippen LogP contribution in [-0.2, 0) is 0 Å². The van der Waals surface area contributed by atoms with Gasteiger partial charge in [-0.2, -0.15) is 0 Å². The second-order valence-corrected chi connectivity index (χ2v) is 6.64. The third kappa shape index (κ3) is 2.39. The van der Waals surface area contributed by atoms with E-state index in [2.05, 4.69) is 23.8 Å². The highest BCUT2D eigenvalue weighted by Crippen LogP contribution is 2.35. The van der Waals surface area contributed by atoms with Crippen LogP contribution in [0, 0.1) is 0 Å². The van der Waals surface area contributed by atoms with E-state index < -0.39 is 0 Å². The molecule has 2 aromatic rings. The van der Waals surface area contributed by atoms with Crippen LogP contribution in [0.3, 0.4) is 0 Å².